The monoisotopic (exact) mass is 465 g/mol. The standard InChI is InChI=1S/C17H27N3O2S.HI/c1-17(2,14-6-5-11-23-14)12-19-16(18-3)20-9-7-13(8-10-20)15(21)22-4;/h5-6,11,13H,7-10,12H2,1-4H3,(H,18,19);1H. The number of ether oxygens (including phenoxy) is 1. The number of aliphatic imine (C=N–C) groups is 1. The van der Waals surface area contributed by atoms with Crippen LogP contribution in [0.5, 0.6) is 0 Å². The summed E-state index contributed by atoms with van der Waals surface area (Å²) in [5.74, 6) is 0.848. The van der Waals surface area contributed by atoms with E-state index in [2.05, 4.69) is 46.6 Å². The van der Waals surface area contributed by atoms with E-state index in [9.17, 15) is 4.79 Å². The second kappa shape index (κ2) is 9.60. The first kappa shape index (κ1) is 21.2. The van der Waals surface area contributed by atoms with Gasteiger partial charge in [0.25, 0.3) is 0 Å². The first-order chi connectivity index (χ1) is 11.0. The molecule has 1 N–H and O–H groups in total. The van der Waals surface area contributed by atoms with Crippen molar-refractivity contribution in [2.45, 2.75) is 32.1 Å². The fourth-order valence-corrected chi connectivity index (χ4v) is 3.73. The summed E-state index contributed by atoms with van der Waals surface area (Å²) in [5.41, 5.74) is 0.0639. The zero-order valence-corrected chi connectivity index (χ0v) is 18.0. The third-order valence-electron chi connectivity index (χ3n) is 4.42. The second-order valence-electron chi connectivity index (χ2n) is 6.55. The Kier molecular flexibility index (Phi) is 8.49. The second-order valence-corrected chi connectivity index (χ2v) is 7.49. The zero-order chi connectivity index (χ0) is 16.9. The van der Waals surface area contributed by atoms with Crippen LogP contribution < -0.4 is 5.32 Å². The van der Waals surface area contributed by atoms with Gasteiger partial charge in [-0.05, 0) is 24.3 Å². The van der Waals surface area contributed by atoms with Gasteiger partial charge in [-0.15, -0.1) is 35.3 Å². The Balaban J connectivity index is 0.00000288. The summed E-state index contributed by atoms with van der Waals surface area (Å²) in [6, 6.07) is 4.27. The molecule has 0 radical (unpaired) electrons. The number of hydrogen-bond donors (Lipinski definition) is 1. The Morgan fingerprint density at radius 3 is 2.62 bits per heavy atom. The zero-order valence-electron chi connectivity index (χ0n) is 14.9. The predicted octanol–water partition coefficient (Wildman–Crippen LogP) is 3.10. The fourth-order valence-electron chi connectivity index (χ4n) is 2.88. The molecule has 0 aromatic carbocycles. The highest BCUT2D eigenvalue weighted by atomic mass is 127. The van der Waals surface area contributed by atoms with Crippen LogP contribution in [-0.4, -0.2) is 50.6 Å². The normalized spacial score (nSPS) is 16.5. The molecule has 0 bridgehead atoms. The molecule has 1 aliphatic rings. The van der Waals surface area contributed by atoms with E-state index < -0.39 is 0 Å². The lowest BCUT2D eigenvalue weighted by atomic mass is 9.91. The van der Waals surface area contributed by atoms with Gasteiger partial charge >= 0.3 is 5.97 Å². The Bertz CT molecular complexity index is 538. The molecule has 1 aromatic heterocycles. The number of nitrogens with zero attached hydrogens (tertiary/aromatic N) is 2. The van der Waals surface area contributed by atoms with Gasteiger partial charge in [0.1, 0.15) is 0 Å². The maximum Gasteiger partial charge on any atom is 0.308 e. The maximum atomic E-state index is 11.6. The number of esters is 1. The summed E-state index contributed by atoms with van der Waals surface area (Å²) in [6.07, 6.45) is 1.64. The molecule has 7 heteroatoms. The van der Waals surface area contributed by atoms with Crippen molar-refractivity contribution >= 4 is 47.2 Å². The molecule has 0 unspecified atom stereocenters. The van der Waals surface area contributed by atoms with Crippen molar-refractivity contribution in [1.82, 2.24) is 10.2 Å². The molecular formula is C17H28IN3O2S. The molecule has 1 aromatic rings. The van der Waals surface area contributed by atoms with Gasteiger partial charge < -0.3 is 15.0 Å². The minimum Gasteiger partial charge on any atom is -0.469 e. The quantitative estimate of drug-likeness (QED) is 0.322. The van der Waals surface area contributed by atoms with Crippen LogP contribution in [0.1, 0.15) is 31.6 Å². The molecule has 0 amide bonds. The molecule has 2 rings (SSSR count). The molecule has 136 valence electrons. The van der Waals surface area contributed by atoms with E-state index in [1.54, 1.807) is 11.3 Å². The third-order valence-corrected chi connectivity index (χ3v) is 5.65. The van der Waals surface area contributed by atoms with E-state index in [-0.39, 0.29) is 41.3 Å². The maximum absolute atomic E-state index is 11.6. The van der Waals surface area contributed by atoms with Gasteiger partial charge in [-0.3, -0.25) is 9.79 Å². The number of carbonyl (C=O) groups excluding carboxylic acids is 1. The van der Waals surface area contributed by atoms with Crippen LogP contribution in [0, 0.1) is 5.92 Å². The van der Waals surface area contributed by atoms with E-state index in [0.29, 0.717) is 0 Å². The van der Waals surface area contributed by atoms with E-state index in [1.165, 1.54) is 12.0 Å². The van der Waals surface area contributed by atoms with Gasteiger partial charge in [-0.1, -0.05) is 19.9 Å². The highest BCUT2D eigenvalue weighted by Gasteiger charge is 2.28. The molecule has 1 saturated heterocycles. The largest absolute Gasteiger partial charge is 0.469 e. The number of likely N-dealkylation sites (tertiary alicyclic amines) is 1. The minimum atomic E-state index is -0.0913. The van der Waals surface area contributed by atoms with E-state index in [0.717, 1.165) is 38.4 Å². The summed E-state index contributed by atoms with van der Waals surface area (Å²) in [6.45, 7) is 6.97. The SMILES string of the molecule is CN=C(NCC(C)(C)c1cccs1)N1CCC(C(=O)OC)CC1.I. The van der Waals surface area contributed by atoms with Crippen LogP contribution in [0.15, 0.2) is 22.5 Å². The smallest absolute Gasteiger partial charge is 0.308 e. The topological polar surface area (TPSA) is 53.9 Å². The van der Waals surface area contributed by atoms with Crippen LogP contribution >= 0.6 is 35.3 Å². The molecule has 1 fully saturated rings. The summed E-state index contributed by atoms with van der Waals surface area (Å²) in [7, 11) is 3.27. The number of thiophene rings is 1. The number of carbonyl (C=O) groups is 1. The van der Waals surface area contributed by atoms with Crippen LogP contribution in [0.2, 0.25) is 0 Å². The number of piperidine rings is 1. The van der Waals surface area contributed by atoms with E-state index >= 15 is 0 Å². The highest BCUT2D eigenvalue weighted by Crippen LogP contribution is 2.26. The van der Waals surface area contributed by atoms with Gasteiger partial charge in [-0.2, -0.15) is 0 Å². The van der Waals surface area contributed by atoms with Crippen molar-refractivity contribution in [3.05, 3.63) is 22.4 Å². The molecular weight excluding hydrogens is 437 g/mol. The van der Waals surface area contributed by atoms with E-state index in [1.807, 2.05) is 7.05 Å². The number of hydrogen-bond acceptors (Lipinski definition) is 4. The van der Waals surface area contributed by atoms with Crippen molar-refractivity contribution in [3.63, 3.8) is 0 Å². The van der Waals surface area contributed by atoms with Crippen molar-refractivity contribution in [1.29, 1.82) is 0 Å². The van der Waals surface area contributed by atoms with Crippen molar-refractivity contribution in [2.75, 3.05) is 33.8 Å². The average molecular weight is 465 g/mol. The van der Waals surface area contributed by atoms with Crippen LogP contribution in [-0.2, 0) is 14.9 Å². The highest BCUT2D eigenvalue weighted by molar-refractivity contribution is 14.0. The lowest BCUT2D eigenvalue weighted by molar-refractivity contribution is -0.146. The summed E-state index contributed by atoms with van der Waals surface area (Å²) >= 11 is 1.79. The average Bonchev–Trinajstić information content (AvgIpc) is 3.10. The van der Waals surface area contributed by atoms with Crippen LogP contribution in [0.4, 0.5) is 0 Å². The summed E-state index contributed by atoms with van der Waals surface area (Å²) < 4.78 is 4.84. The molecule has 5 nitrogen and oxygen atoms in total. The lowest BCUT2D eigenvalue weighted by Crippen LogP contribution is -2.49. The van der Waals surface area contributed by atoms with Crippen molar-refractivity contribution < 1.29 is 9.53 Å². The Labute approximate surface area is 165 Å². The first-order valence-electron chi connectivity index (χ1n) is 8.05. The summed E-state index contributed by atoms with van der Waals surface area (Å²) in [4.78, 5) is 19.6. The molecule has 0 atom stereocenters. The van der Waals surface area contributed by atoms with E-state index in [4.69, 9.17) is 4.74 Å². The number of guanidine groups is 1. The van der Waals surface area contributed by atoms with Crippen molar-refractivity contribution in [2.24, 2.45) is 10.9 Å². The Hall–Kier alpha value is -0.830. The van der Waals surface area contributed by atoms with Gasteiger partial charge in [0.2, 0.25) is 0 Å². The molecule has 24 heavy (non-hydrogen) atoms. The molecule has 0 aliphatic carbocycles. The number of methoxy groups -OCH3 is 1. The van der Waals surface area contributed by atoms with Gasteiger partial charge in [0.15, 0.2) is 5.96 Å². The molecule has 1 aliphatic heterocycles. The van der Waals surface area contributed by atoms with Crippen molar-refractivity contribution in [3.8, 4) is 0 Å². The van der Waals surface area contributed by atoms with Gasteiger partial charge in [0.05, 0.1) is 13.0 Å². The number of rotatable bonds is 4. The van der Waals surface area contributed by atoms with Gasteiger partial charge in [0, 0.05) is 37.0 Å². The Morgan fingerprint density at radius 2 is 2.12 bits per heavy atom. The third kappa shape index (κ3) is 5.34. The molecule has 0 spiro atoms. The Morgan fingerprint density at radius 1 is 1.46 bits per heavy atom. The van der Waals surface area contributed by atoms with Gasteiger partial charge in [-0.25, -0.2) is 0 Å². The first-order valence-corrected chi connectivity index (χ1v) is 8.93. The molecule has 0 saturated carbocycles. The van der Waals surface area contributed by atoms with Crippen LogP contribution in [0.3, 0.4) is 0 Å². The van der Waals surface area contributed by atoms with Crippen LogP contribution in [0.25, 0.3) is 0 Å². The molecule has 2 heterocycles. The minimum absolute atomic E-state index is 0. The lowest BCUT2D eigenvalue weighted by Gasteiger charge is -2.34. The number of nitrogens with one attached hydrogen (secondary N) is 1. The number of halogens is 1. The predicted molar refractivity (Wildman–Crippen MR) is 110 cm³/mol. The summed E-state index contributed by atoms with van der Waals surface area (Å²) in [5, 5.41) is 5.61. The fraction of sp³-hybridized carbons (Fsp3) is 0.647.